The molecule has 36 heavy (non-hydrogen) atoms. The Bertz CT molecular complexity index is 1110. The maximum absolute atomic E-state index is 12.9. The van der Waals surface area contributed by atoms with Crippen LogP contribution in [0.5, 0.6) is 0 Å². The summed E-state index contributed by atoms with van der Waals surface area (Å²) in [6.45, 7) is 11.9. The van der Waals surface area contributed by atoms with Crippen LogP contribution in [-0.4, -0.2) is 88.5 Å². The van der Waals surface area contributed by atoms with Gasteiger partial charge in [-0.25, -0.2) is 10.4 Å². The van der Waals surface area contributed by atoms with Crippen LogP contribution in [0, 0.1) is 5.41 Å². The summed E-state index contributed by atoms with van der Waals surface area (Å²) in [7, 11) is 7.38. The van der Waals surface area contributed by atoms with Crippen molar-refractivity contribution in [2.24, 2.45) is 0 Å². The topological polar surface area (TPSA) is 120 Å². The van der Waals surface area contributed by atoms with Gasteiger partial charge in [0, 0.05) is 47.8 Å². The van der Waals surface area contributed by atoms with Gasteiger partial charge in [0.1, 0.15) is 16.9 Å². The summed E-state index contributed by atoms with van der Waals surface area (Å²) in [5, 5.41) is 23.3. The summed E-state index contributed by atoms with van der Waals surface area (Å²) in [6, 6.07) is 6.14. The number of aryl methyl sites for hydroxylation is 1. The molecule has 1 aliphatic heterocycles. The number of hydrogen-bond donors (Lipinski definition) is 5. The lowest BCUT2D eigenvalue weighted by atomic mass is 10.2. The van der Waals surface area contributed by atoms with Gasteiger partial charge in [-0.2, -0.15) is 0 Å². The Morgan fingerprint density at radius 1 is 1.19 bits per heavy atom. The number of rotatable bonds is 3. The molecule has 0 radical (unpaired) electrons. The summed E-state index contributed by atoms with van der Waals surface area (Å²) < 4.78 is 2.21. The van der Waals surface area contributed by atoms with E-state index in [1.807, 2.05) is 66.2 Å². The highest BCUT2D eigenvalue weighted by molar-refractivity contribution is 6.03. The van der Waals surface area contributed by atoms with Crippen molar-refractivity contribution in [3.63, 3.8) is 0 Å². The highest BCUT2D eigenvalue weighted by Gasteiger charge is 2.35. The molecule has 2 aromatic rings. The van der Waals surface area contributed by atoms with Crippen LogP contribution in [0.3, 0.4) is 0 Å². The van der Waals surface area contributed by atoms with Gasteiger partial charge in [-0.1, -0.05) is 12.6 Å². The standard InChI is InChI=1S/C24H41N11O/c1-9-34-17(2)21(36)29-22(25)31(7)15-10-11-16-33-19-14-12-13-18(26-5)20(19)28-23(33)30-24(3,4)35(27-6)32(34)8/h12-14,26-27H,2,9-11,15-16H2,1,3-8H3,(H,28,30)(H2,25,29,36). The Hall–Kier alpha value is -3.35. The molecule has 3 rings (SSSR count). The number of anilines is 2. The molecule has 0 fully saturated rings. The number of nitrogens with one attached hydrogen (secondary N) is 5. The third-order valence-electron chi connectivity index (χ3n) is 6.46. The first-order valence-corrected chi connectivity index (χ1v) is 12.3. The molecule has 1 amide bonds. The minimum absolute atomic E-state index is 0.0480. The van der Waals surface area contributed by atoms with Gasteiger partial charge in [-0.05, 0) is 45.7 Å². The largest absolute Gasteiger partial charge is 0.386 e. The second-order valence-electron chi connectivity index (χ2n) is 9.31. The van der Waals surface area contributed by atoms with Crippen LogP contribution >= 0.6 is 0 Å². The fourth-order valence-corrected chi connectivity index (χ4v) is 4.58. The smallest absolute Gasteiger partial charge is 0.275 e. The molecule has 0 spiro atoms. The molecular formula is C24H41N11O. The lowest BCUT2D eigenvalue weighted by Crippen LogP contribution is -2.66. The average molecular weight is 500 g/mol. The number of likely N-dealkylation sites (N-methyl/N-ethyl adjacent to an activating group) is 1. The quantitative estimate of drug-likeness (QED) is 0.404. The molecule has 12 heteroatoms. The fraction of sp³-hybridized carbons (Fsp3) is 0.542. The van der Waals surface area contributed by atoms with Crippen LogP contribution in [0.15, 0.2) is 30.5 Å². The number of aromatic nitrogens is 2. The van der Waals surface area contributed by atoms with Crippen molar-refractivity contribution < 1.29 is 4.79 Å². The Morgan fingerprint density at radius 2 is 1.89 bits per heavy atom. The van der Waals surface area contributed by atoms with E-state index in [0.29, 0.717) is 13.1 Å². The number of hydrazine groups is 3. The van der Waals surface area contributed by atoms with Crippen LogP contribution in [0.25, 0.3) is 11.0 Å². The molecule has 0 saturated carbocycles. The van der Waals surface area contributed by atoms with Gasteiger partial charge in [0.2, 0.25) is 5.95 Å². The first kappa shape index (κ1) is 27.2. The van der Waals surface area contributed by atoms with E-state index < -0.39 is 11.6 Å². The first-order valence-electron chi connectivity index (χ1n) is 12.3. The third-order valence-corrected chi connectivity index (χ3v) is 6.46. The van der Waals surface area contributed by atoms with E-state index in [4.69, 9.17) is 10.4 Å². The highest BCUT2D eigenvalue weighted by atomic mass is 16.2. The zero-order valence-electron chi connectivity index (χ0n) is 22.6. The van der Waals surface area contributed by atoms with Gasteiger partial charge in [0.05, 0.1) is 11.2 Å². The predicted molar refractivity (Wildman–Crippen MR) is 145 cm³/mol. The number of hydrogen-bond acceptors (Lipinski definition) is 9. The van der Waals surface area contributed by atoms with Gasteiger partial charge >= 0.3 is 0 Å². The maximum Gasteiger partial charge on any atom is 0.275 e. The number of para-hydroxylation sites is 1. The summed E-state index contributed by atoms with van der Waals surface area (Å²) in [5.74, 6) is 0.377. The summed E-state index contributed by atoms with van der Waals surface area (Å²) in [4.78, 5) is 19.7. The van der Waals surface area contributed by atoms with E-state index in [1.54, 1.807) is 15.0 Å². The van der Waals surface area contributed by atoms with E-state index >= 15 is 0 Å². The molecule has 5 N–H and O–H groups in total. The van der Waals surface area contributed by atoms with E-state index in [2.05, 4.69) is 38.6 Å². The molecule has 0 atom stereocenters. The van der Waals surface area contributed by atoms with Crippen molar-refractivity contribution >= 4 is 34.5 Å². The van der Waals surface area contributed by atoms with Gasteiger partial charge in [-0.3, -0.25) is 20.5 Å². The number of carbonyl (C=O) groups excluding carboxylic acids is 1. The lowest BCUT2D eigenvalue weighted by molar-refractivity contribution is -0.211. The molecule has 0 unspecified atom stereocenters. The average Bonchev–Trinajstić information content (AvgIpc) is 3.17. The molecule has 0 saturated heterocycles. The van der Waals surface area contributed by atoms with Crippen LogP contribution in [0.1, 0.15) is 33.6 Å². The highest BCUT2D eigenvalue weighted by Crippen LogP contribution is 2.29. The molecule has 1 aromatic carbocycles. The zero-order chi connectivity index (χ0) is 26.6. The molecule has 12 nitrogen and oxygen atoms in total. The first-order chi connectivity index (χ1) is 17.0. The minimum Gasteiger partial charge on any atom is -0.386 e. The van der Waals surface area contributed by atoms with Crippen molar-refractivity contribution in [2.45, 2.75) is 45.8 Å². The number of imidazole rings is 1. The molecule has 1 aromatic heterocycles. The van der Waals surface area contributed by atoms with Gasteiger partial charge in [0.25, 0.3) is 5.91 Å². The van der Waals surface area contributed by atoms with Crippen LogP contribution < -0.4 is 21.4 Å². The van der Waals surface area contributed by atoms with E-state index in [9.17, 15) is 4.79 Å². The monoisotopic (exact) mass is 499 g/mol. The second-order valence-corrected chi connectivity index (χ2v) is 9.31. The van der Waals surface area contributed by atoms with E-state index in [1.165, 1.54) is 0 Å². The number of guanidine groups is 1. The molecule has 1 aliphatic rings. The Morgan fingerprint density at radius 3 is 2.53 bits per heavy atom. The molecule has 0 bridgehead atoms. The van der Waals surface area contributed by atoms with E-state index in [-0.39, 0.29) is 11.7 Å². The Labute approximate surface area is 213 Å². The normalized spacial score (nSPS) is 19.2. The minimum atomic E-state index is -0.670. The molecular weight excluding hydrogens is 458 g/mol. The maximum atomic E-state index is 12.9. The van der Waals surface area contributed by atoms with Crippen LogP contribution in [0.4, 0.5) is 11.6 Å². The van der Waals surface area contributed by atoms with E-state index in [0.717, 1.165) is 42.1 Å². The fourth-order valence-electron chi connectivity index (χ4n) is 4.58. The molecule has 2 heterocycles. The predicted octanol–water partition coefficient (Wildman–Crippen LogP) is 2.04. The number of benzene rings is 1. The van der Waals surface area contributed by atoms with Crippen LogP contribution in [0.2, 0.25) is 0 Å². The number of amides is 1. The number of nitrogens with zero attached hydrogens (tertiary/aromatic N) is 6. The Kier molecular flexibility index (Phi) is 8.43. The number of fused-ring (bicyclic) bond motifs is 3. The Balaban J connectivity index is 2.09. The van der Waals surface area contributed by atoms with Crippen molar-refractivity contribution in [1.82, 2.24) is 40.4 Å². The van der Waals surface area contributed by atoms with Gasteiger partial charge < -0.3 is 20.1 Å². The van der Waals surface area contributed by atoms with Crippen LogP contribution in [-0.2, 0) is 11.3 Å². The lowest BCUT2D eigenvalue weighted by Gasteiger charge is -2.47. The zero-order valence-corrected chi connectivity index (χ0v) is 22.6. The van der Waals surface area contributed by atoms with Gasteiger partial charge in [0.15, 0.2) is 5.96 Å². The van der Waals surface area contributed by atoms with Crippen molar-refractivity contribution in [3.05, 3.63) is 30.5 Å². The third kappa shape index (κ3) is 5.40. The van der Waals surface area contributed by atoms with Crippen molar-refractivity contribution in [3.8, 4) is 0 Å². The molecule has 198 valence electrons. The van der Waals surface area contributed by atoms with Gasteiger partial charge in [-0.15, -0.1) is 10.2 Å². The molecule has 0 aliphatic carbocycles. The summed E-state index contributed by atoms with van der Waals surface area (Å²) in [5.41, 5.74) is 5.70. The second kappa shape index (κ2) is 11.1. The number of carbonyl (C=O) groups is 1. The summed E-state index contributed by atoms with van der Waals surface area (Å²) >= 11 is 0. The summed E-state index contributed by atoms with van der Waals surface area (Å²) in [6.07, 6.45) is 1.72. The van der Waals surface area contributed by atoms with Crippen molar-refractivity contribution in [1.29, 1.82) is 5.41 Å². The SMILES string of the molecule is C=C1C(=O)NC(=N)N(C)CCCCn2c(nc3c(NC)cccc32)NC(C)(C)N(NC)N(C)N1CC. The van der Waals surface area contributed by atoms with Crippen molar-refractivity contribution in [2.75, 3.05) is 51.9 Å².